The highest BCUT2D eigenvalue weighted by Gasteiger charge is 2.40. The number of furan rings is 1. The monoisotopic (exact) mass is 627 g/mol. The SMILES string of the molecule is Cc1cc(S(=O)(=O)N(c2cc(-c3ccccc3)sc2C(=O)O)C(c2ccccc2)c2cc3ccccc3o2)c(C)cc1Cl. The maximum atomic E-state index is 15.0. The average Bonchev–Trinajstić information content (AvgIpc) is 3.63. The maximum Gasteiger partial charge on any atom is 0.348 e. The normalized spacial score (nSPS) is 12.3. The Balaban J connectivity index is 1.70. The summed E-state index contributed by atoms with van der Waals surface area (Å²) >= 11 is 7.40. The molecular formula is C34H26ClNO5S2. The summed E-state index contributed by atoms with van der Waals surface area (Å²) in [4.78, 5) is 13.3. The van der Waals surface area contributed by atoms with Gasteiger partial charge in [-0.25, -0.2) is 17.5 Å². The molecule has 1 unspecified atom stereocenters. The zero-order chi connectivity index (χ0) is 30.3. The summed E-state index contributed by atoms with van der Waals surface area (Å²) in [5, 5.41) is 11.7. The number of benzene rings is 4. The smallest absolute Gasteiger partial charge is 0.348 e. The molecule has 0 bridgehead atoms. The number of carbonyl (C=O) groups is 1. The number of halogens is 1. The summed E-state index contributed by atoms with van der Waals surface area (Å²) in [5.74, 6) is -0.883. The Morgan fingerprint density at radius 1 is 0.860 bits per heavy atom. The van der Waals surface area contributed by atoms with Crippen LogP contribution in [0, 0.1) is 13.8 Å². The summed E-state index contributed by atoms with van der Waals surface area (Å²) in [7, 11) is -4.42. The van der Waals surface area contributed by atoms with E-state index >= 15 is 0 Å². The number of rotatable bonds is 8. The standard InChI is InChI=1S/C34H26ClNO5S2/c1-21-18-31(22(2)17-26(21)35)43(39,40)36(27-20-30(42-33(27)34(37)38)23-11-5-3-6-12-23)32(24-13-7-4-8-14-24)29-19-25-15-9-10-16-28(25)41-29/h3-20,32H,1-2H3,(H,37,38). The minimum Gasteiger partial charge on any atom is -0.477 e. The molecule has 6 nitrogen and oxygen atoms in total. The summed E-state index contributed by atoms with van der Waals surface area (Å²) in [6.45, 7) is 3.41. The summed E-state index contributed by atoms with van der Waals surface area (Å²) in [6, 6.07) is 31.4. The molecule has 2 heterocycles. The van der Waals surface area contributed by atoms with Crippen LogP contribution in [0.25, 0.3) is 21.4 Å². The Bertz CT molecular complexity index is 2040. The highest BCUT2D eigenvalue weighted by Crippen LogP contribution is 2.46. The van der Waals surface area contributed by atoms with Gasteiger partial charge >= 0.3 is 5.97 Å². The van der Waals surface area contributed by atoms with Gasteiger partial charge in [-0.2, -0.15) is 0 Å². The molecule has 4 aromatic carbocycles. The molecule has 0 spiro atoms. The molecule has 43 heavy (non-hydrogen) atoms. The van der Waals surface area contributed by atoms with Crippen LogP contribution in [0.2, 0.25) is 5.02 Å². The molecule has 0 fully saturated rings. The van der Waals surface area contributed by atoms with Gasteiger partial charge < -0.3 is 9.52 Å². The van der Waals surface area contributed by atoms with Gasteiger partial charge in [-0.05, 0) is 66.4 Å². The minimum absolute atomic E-state index is 0.0234. The van der Waals surface area contributed by atoms with Crippen LogP contribution in [-0.4, -0.2) is 19.5 Å². The summed E-state index contributed by atoms with van der Waals surface area (Å²) < 4.78 is 37.5. The van der Waals surface area contributed by atoms with E-state index in [-0.39, 0.29) is 15.5 Å². The number of anilines is 1. The number of hydrogen-bond acceptors (Lipinski definition) is 5. The lowest BCUT2D eigenvalue weighted by Crippen LogP contribution is -2.36. The van der Waals surface area contributed by atoms with Crippen molar-refractivity contribution in [3.8, 4) is 10.4 Å². The molecule has 0 saturated heterocycles. The van der Waals surface area contributed by atoms with E-state index in [0.717, 1.165) is 22.3 Å². The molecule has 0 aliphatic carbocycles. The fourth-order valence-electron chi connectivity index (χ4n) is 5.18. The van der Waals surface area contributed by atoms with Crippen molar-refractivity contribution in [2.75, 3.05) is 4.31 Å². The van der Waals surface area contributed by atoms with Crippen molar-refractivity contribution in [2.45, 2.75) is 24.8 Å². The number of para-hydroxylation sites is 1. The lowest BCUT2D eigenvalue weighted by atomic mass is 10.0. The molecule has 0 aliphatic heterocycles. The van der Waals surface area contributed by atoms with Crippen molar-refractivity contribution >= 4 is 55.6 Å². The number of hydrogen-bond donors (Lipinski definition) is 1. The predicted molar refractivity (Wildman–Crippen MR) is 172 cm³/mol. The van der Waals surface area contributed by atoms with Gasteiger partial charge in [0.25, 0.3) is 10.0 Å². The third kappa shape index (κ3) is 5.33. The van der Waals surface area contributed by atoms with E-state index in [2.05, 4.69) is 0 Å². The van der Waals surface area contributed by atoms with Crippen molar-refractivity contribution < 1.29 is 22.7 Å². The first-order valence-corrected chi connectivity index (χ1v) is 16.1. The van der Waals surface area contributed by atoms with Crippen LogP contribution in [-0.2, 0) is 10.0 Å². The number of aromatic carboxylic acids is 1. The average molecular weight is 628 g/mol. The second-order valence-corrected chi connectivity index (χ2v) is 13.4. The Morgan fingerprint density at radius 2 is 1.51 bits per heavy atom. The number of carboxylic acids is 1. The number of aryl methyl sites for hydroxylation is 2. The van der Waals surface area contributed by atoms with Crippen LogP contribution < -0.4 is 4.31 Å². The van der Waals surface area contributed by atoms with Gasteiger partial charge in [0, 0.05) is 15.3 Å². The van der Waals surface area contributed by atoms with E-state index in [9.17, 15) is 18.3 Å². The van der Waals surface area contributed by atoms with Crippen LogP contribution in [0.15, 0.2) is 119 Å². The highest BCUT2D eigenvalue weighted by atomic mass is 35.5. The van der Waals surface area contributed by atoms with E-state index < -0.39 is 22.0 Å². The lowest BCUT2D eigenvalue weighted by Gasteiger charge is -2.32. The van der Waals surface area contributed by atoms with E-state index in [1.807, 2.05) is 84.9 Å². The van der Waals surface area contributed by atoms with E-state index in [1.165, 1.54) is 10.4 Å². The number of sulfonamides is 1. The molecular weight excluding hydrogens is 602 g/mol. The quantitative estimate of drug-likeness (QED) is 0.182. The van der Waals surface area contributed by atoms with Gasteiger partial charge in [0.1, 0.15) is 22.3 Å². The van der Waals surface area contributed by atoms with Crippen LogP contribution >= 0.6 is 22.9 Å². The predicted octanol–water partition coefficient (Wildman–Crippen LogP) is 9.11. The fourth-order valence-corrected chi connectivity index (χ4v) is 8.36. The first-order valence-electron chi connectivity index (χ1n) is 13.4. The van der Waals surface area contributed by atoms with E-state index in [1.54, 1.807) is 32.0 Å². The Hall–Kier alpha value is -4.37. The number of thiophene rings is 1. The van der Waals surface area contributed by atoms with Crippen LogP contribution in [0.3, 0.4) is 0 Å². The first kappa shape index (κ1) is 28.7. The van der Waals surface area contributed by atoms with Crippen molar-refractivity contribution in [2.24, 2.45) is 0 Å². The first-order chi connectivity index (χ1) is 20.6. The van der Waals surface area contributed by atoms with Crippen molar-refractivity contribution in [3.63, 3.8) is 0 Å². The van der Waals surface area contributed by atoms with E-state index in [4.69, 9.17) is 16.0 Å². The van der Waals surface area contributed by atoms with Crippen molar-refractivity contribution in [1.29, 1.82) is 0 Å². The molecule has 0 saturated carbocycles. The second kappa shape index (κ2) is 11.4. The molecule has 1 N–H and O–H groups in total. The maximum absolute atomic E-state index is 15.0. The molecule has 6 rings (SSSR count). The van der Waals surface area contributed by atoms with Gasteiger partial charge in [0.05, 0.1) is 10.6 Å². The Kier molecular flexibility index (Phi) is 7.60. The highest BCUT2D eigenvalue weighted by molar-refractivity contribution is 7.93. The number of fused-ring (bicyclic) bond motifs is 1. The Labute approximate surface area is 258 Å². The molecule has 6 aromatic rings. The molecule has 1 atom stereocenters. The minimum atomic E-state index is -4.42. The van der Waals surface area contributed by atoms with Crippen molar-refractivity contribution in [3.05, 3.63) is 142 Å². The fraction of sp³-hybridized carbons (Fsp3) is 0.0882. The molecule has 0 aliphatic rings. The molecule has 0 radical (unpaired) electrons. The zero-order valence-electron chi connectivity index (χ0n) is 23.2. The number of nitrogens with zero attached hydrogens (tertiary/aromatic N) is 1. The molecule has 9 heteroatoms. The van der Waals surface area contributed by atoms with Crippen LogP contribution in [0.5, 0.6) is 0 Å². The summed E-state index contributed by atoms with van der Waals surface area (Å²) in [6.07, 6.45) is 0. The molecule has 0 amide bonds. The lowest BCUT2D eigenvalue weighted by molar-refractivity contribution is 0.0703. The van der Waals surface area contributed by atoms with Crippen LogP contribution in [0.1, 0.15) is 38.2 Å². The topological polar surface area (TPSA) is 87.8 Å². The molecule has 216 valence electrons. The largest absolute Gasteiger partial charge is 0.477 e. The zero-order valence-corrected chi connectivity index (χ0v) is 25.6. The number of carboxylic acid groups (broad SMARTS) is 1. The summed E-state index contributed by atoms with van der Waals surface area (Å²) in [5.41, 5.74) is 3.03. The third-order valence-corrected chi connectivity index (χ3v) is 10.7. The van der Waals surface area contributed by atoms with Gasteiger partial charge in [-0.15, -0.1) is 11.3 Å². The second-order valence-electron chi connectivity index (χ2n) is 10.2. The van der Waals surface area contributed by atoms with Gasteiger partial charge in [0.15, 0.2) is 0 Å². The Morgan fingerprint density at radius 3 is 2.19 bits per heavy atom. The molecule has 2 aromatic heterocycles. The van der Waals surface area contributed by atoms with E-state index in [0.29, 0.717) is 37.9 Å². The van der Waals surface area contributed by atoms with Gasteiger partial charge in [-0.3, -0.25) is 0 Å². The van der Waals surface area contributed by atoms with Gasteiger partial charge in [0.2, 0.25) is 0 Å². The van der Waals surface area contributed by atoms with Crippen molar-refractivity contribution in [1.82, 2.24) is 0 Å². The third-order valence-electron chi connectivity index (χ3n) is 7.26. The van der Waals surface area contributed by atoms with Crippen LogP contribution in [0.4, 0.5) is 5.69 Å². The van der Waals surface area contributed by atoms with Gasteiger partial charge in [-0.1, -0.05) is 90.5 Å².